The standard InChI is InChI=1S/C58H100O11/c1-3-5-7-9-11-13-15-17-19-21-23-24-25-26-27-29-31-33-35-37-39-41-43-45-47-52(60)68-50(49-67-58-55(63)53(61)54(62)56(69-58)57(64)65)48-66-51(59)46-44-42-40-38-36-34-32-30-28-22-20-18-16-14-12-10-8-6-4-2/h6,8,12,14,18,20,28,30,34,36,50,53-56,58,61-63H,3-5,7,9-11,13,15-17,19,21-27,29,31-33,35,37-49H2,1-2H3,(H,64,65)/b8-6-,14-12-,20-18-,30-28-,36-34-. The number of carboxylic acid groups (broad SMARTS) is 1. The molecule has 1 rings (SSSR count). The first kappa shape index (κ1) is 63.9. The highest BCUT2D eigenvalue weighted by Gasteiger charge is 2.47. The Hall–Kier alpha value is -3.09. The van der Waals surface area contributed by atoms with E-state index in [0.717, 1.165) is 70.6 Å². The van der Waals surface area contributed by atoms with Crippen molar-refractivity contribution >= 4 is 17.9 Å². The van der Waals surface area contributed by atoms with Crippen LogP contribution in [0.1, 0.15) is 239 Å². The molecule has 6 unspecified atom stereocenters. The van der Waals surface area contributed by atoms with Crippen LogP contribution >= 0.6 is 0 Å². The fourth-order valence-electron chi connectivity index (χ4n) is 8.32. The fourth-order valence-corrected chi connectivity index (χ4v) is 8.32. The normalized spacial score (nSPS) is 19.2. The van der Waals surface area contributed by atoms with Crippen LogP contribution in [0.5, 0.6) is 0 Å². The Bertz CT molecular complexity index is 1370. The van der Waals surface area contributed by atoms with Crippen LogP contribution in [0.4, 0.5) is 0 Å². The summed E-state index contributed by atoms with van der Waals surface area (Å²) >= 11 is 0. The van der Waals surface area contributed by atoms with E-state index in [2.05, 4.69) is 74.6 Å². The maximum Gasteiger partial charge on any atom is 0.335 e. The van der Waals surface area contributed by atoms with Crippen molar-refractivity contribution in [2.45, 2.75) is 275 Å². The maximum absolute atomic E-state index is 12.9. The minimum absolute atomic E-state index is 0.177. The lowest BCUT2D eigenvalue weighted by atomic mass is 9.99. The van der Waals surface area contributed by atoms with Gasteiger partial charge in [0.1, 0.15) is 24.9 Å². The summed E-state index contributed by atoms with van der Waals surface area (Å²) in [5.41, 5.74) is 0. The lowest BCUT2D eigenvalue weighted by Crippen LogP contribution is -2.60. The molecule has 1 aliphatic heterocycles. The van der Waals surface area contributed by atoms with Crippen molar-refractivity contribution in [3.63, 3.8) is 0 Å². The number of allylic oxidation sites excluding steroid dienone is 10. The van der Waals surface area contributed by atoms with Crippen LogP contribution in [0.2, 0.25) is 0 Å². The quantitative estimate of drug-likeness (QED) is 0.0260. The maximum atomic E-state index is 12.9. The van der Waals surface area contributed by atoms with E-state index in [1.54, 1.807) is 0 Å². The number of hydrogen-bond donors (Lipinski definition) is 4. The Morgan fingerprint density at radius 2 is 0.855 bits per heavy atom. The van der Waals surface area contributed by atoms with Crippen LogP contribution in [0, 0.1) is 0 Å². The largest absolute Gasteiger partial charge is 0.479 e. The number of rotatable bonds is 47. The SMILES string of the molecule is CC/C=C\C/C=C\C/C=C\C/C=C\C/C=C\CCCCCC(=O)OCC(COC1OC(C(=O)O)C(O)C(O)C1O)OC(=O)CCCCCCCCCCCCCCCCCCCCCCCCCC. The molecule has 11 nitrogen and oxygen atoms in total. The van der Waals surface area contributed by atoms with Crippen LogP contribution in [0.15, 0.2) is 60.8 Å². The first-order chi connectivity index (χ1) is 33.7. The fraction of sp³-hybridized carbons (Fsp3) is 0.776. The smallest absolute Gasteiger partial charge is 0.335 e. The van der Waals surface area contributed by atoms with Crippen molar-refractivity contribution in [2.75, 3.05) is 13.2 Å². The third-order valence-corrected chi connectivity index (χ3v) is 12.6. The summed E-state index contributed by atoms with van der Waals surface area (Å²) in [5.74, 6) is -2.48. The molecular weight excluding hydrogens is 873 g/mol. The molecular formula is C58H100O11. The van der Waals surface area contributed by atoms with E-state index >= 15 is 0 Å². The lowest BCUT2D eigenvalue weighted by molar-refractivity contribution is -0.298. The number of carbonyl (C=O) groups is 3. The molecule has 0 aliphatic carbocycles. The van der Waals surface area contributed by atoms with Gasteiger partial charge in [0.05, 0.1) is 6.61 Å². The molecule has 0 aromatic rings. The van der Waals surface area contributed by atoms with Crippen LogP contribution in [0.25, 0.3) is 0 Å². The van der Waals surface area contributed by atoms with Crippen molar-refractivity contribution in [3.05, 3.63) is 60.8 Å². The second-order valence-corrected chi connectivity index (χ2v) is 19.1. The van der Waals surface area contributed by atoms with Crippen molar-refractivity contribution in [1.29, 1.82) is 0 Å². The predicted molar refractivity (Wildman–Crippen MR) is 280 cm³/mol. The summed E-state index contributed by atoms with van der Waals surface area (Å²) in [6, 6.07) is 0. The molecule has 0 aromatic carbocycles. The van der Waals surface area contributed by atoms with Gasteiger partial charge in [0, 0.05) is 12.8 Å². The highest BCUT2D eigenvalue weighted by molar-refractivity contribution is 5.73. The summed E-state index contributed by atoms with van der Waals surface area (Å²) in [7, 11) is 0. The monoisotopic (exact) mass is 973 g/mol. The third kappa shape index (κ3) is 38.3. The van der Waals surface area contributed by atoms with Gasteiger partial charge in [-0.15, -0.1) is 0 Å². The van der Waals surface area contributed by atoms with E-state index in [9.17, 15) is 34.8 Å². The molecule has 4 N–H and O–H groups in total. The highest BCUT2D eigenvalue weighted by atomic mass is 16.7. The zero-order valence-corrected chi connectivity index (χ0v) is 43.5. The molecule has 1 heterocycles. The molecule has 6 atom stereocenters. The Morgan fingerprint density at radius 3 is 1.29 bits per heavy atom. The van der Waals surface area contributed by atoms with Gasteiger partial charge < -0.3 is 39.4 Å². The van der Waals surface area contributed by atoms with Gasteiger partial charge in [-0.2, -0.15) is 0 Å². The molecule has 0 bridgehead atoms. The topological polar surface area (TPSA) is 169 Å². The van der Waals surface area contributed by atoms with Gasteiger partial charge in [-0.1, -0.05) is 229 Å². The highest BCUT2D eigenvalue weighted by Crippen LogP contribution is 2.23. The summed E-state index contributed by atoms with van der Waals surface area (Å²) in [5, 5.41) is 40.0. The number of aliphatic hydroxyl groups is 3. The number of ether oxygens (including phenoxy) is 4. The molecule has 1 aliphatic rings. The number of unbranched alkanes of at least 4 members (excludes halogenated alkanes) is 26. The van der Waals surface area contributed by atoms with E-state index < -0.39 is 61.3 Å². The number of esters is 2. The van der Waals surface area contributed by atoms with E-state index in [4.69, 9.17) is 18.9 Å². The summed E-state index contributed by atoms with van der Waals surface area (Å²) in [6.07, 6.45) is 51.4. The van der Waals surface area contributed by atoms with Gasteiger partial charge in [0.2, 0.25) is 0 Å². The molecule has 0 spiro atoms. The van der Waals surface area contributed by atoms with E-state index in [0.29, 0.717) is 12.8 Å². The predicted octanol–water partition coefficient (Wildman–Crippen LogP) is 13.8. The first-order valence-electron chi connectivity index (χ1n) is 27.8. The van der Waals surface area contributed by atoms with E-state index in [1.165, 1.54) is 128 Å². The molecule has 69 heavy (non-hydrogen) atoms. The second-order valence-electron chi connectivity index (χ2n) is 19.1. The Kier molecular flexibility index (Phi) is 43.8. The number of carbonyl (C=O) groups excluding carboxylic acids is 2. The molecule has 398 valence electrons. The van der Waals surface area contributed by atoms with Crippen LogP contribution < -0.4 is 0 Å². The number of aliphatic hydroxyl groups excluding tert-OH is 3. The van der Waals surface area contributed by atoms with Gasteiger partial charge in [0.15, 0.2) is 18.5 Å². The minimum atomic E-state index is -1.87. The van der Waals surface area contributed by atoms with Crippen LogP contribution in [0.3, 0.4) is 0 Å². The molecule has 0 saturated carbocycles. The number of carboxylic acids is 1. The molecule has 0 aromatic heterocycles. The average Bonchev–Trinajstić information content (AvgIpc) is 3.34. The van der Waals surface area contributed by atoms with Crippen molar-refractivity contribution in [2.24, 2.45) is 0 Å². The van der Waals surface area contributed by atoms with Gasteiger partial charge in [-0.25, -0.2) is 4.79 Å². The van der Waals surface area contributed by atoms with Gasteiger partial charge >= 0.3 is 17.9 Å². The Balaban J connectivity index is 2.27. The van der Waals surface area contributed by atoms with Crippen LogP contribution in [-0.2, 0) is 33.3 Å². The molecule has 0 amide bonds. The molecule has 1 saturated heterocycles. The average molecular weight is 973 g/mol. The summed E-state index contributed by atoms with van der Waals surface area (Å²) in [4.78, 5) is 37.1. The van der Waals surface area contributed by atoms with Crippen molar-refractivity contribution in [3.8, 4) is 0 Å². The minimum Gasteiger partial charge on any atom is -0.479 e. The van der Waals surface area contributed by atoms with E-state index in [1.807, 2.05) is 0 Å². The zero-order chi connectivity index (χ0) is 50.3. The second kappa shape index (κ2) is 47.2. The van der Waals surface area contributed by atoms with Crippen molar-refractivity contribution < 1.29 is 53.8 Å². The lowest BCUT2D eigenvalue weighted by Gasteiger charge is -2.38. The summed E-state index contributed by atoms with van der Waals surface area (Å²) in [6.45, 7) is 3.71. The molecule has 1 fully saturated rings. The molecule has 0 radical (unpaired) electrons. The van der Waals surface area contributed by atoms with Gasteiger partial charge in [-0.3, -0.25) is 9.59 Å². The Labute approximate surface area is 419 Å². The first-order valence-corrected chi connectivity index (χ1v) is 27.8. The van der Waals surface area contributed by atoms with Gasteiger partial charge in [-0.05, 0) is 57.8 Å². The zero-order valence-electron chi connectivity index (χ0n) is 43.5. The Morgan fingerprint density at radius 1 is 0.464 bits per heavy atom. The third-order valence-electron chi connectivity index (χ3n) is 12.6. The van der Waals surface area contributed by atoms with Gasteiger partial charge in [0.25, 0.3) is 0 Å². The number of aliphatic carboxylic acids is 1. The van der Waals surface area contributed by atoms with Crippen molar-refractivity contribution in [1.82, 2.24) is 0 Å². The number of hydrogen-bond acceptors (Lipinski definition) is 10. The van der Waals surface area contributed by atoms with E-state index in [-0.39, 0.29) is 19.4 Å². The summed E-state index contributed by atoms with van der Waals surface area (Å²) < 4.78 is 21.8. The van der Waals surface area contributed by atoms with Crippen LogP contribution in [-0.4, -0.2) is 88.4 Å². The molecule has 11 heteroatoms.